The molecule has 0 radical (unpaired) electrons. The summed E-state index contributed by atoms with van der Waals surface area (Å²) in [5, 5.41) is 29.6. The van der Waals surface area contributed by atoms with Crippen molar-refractivity contribution in [3.8, 4) is 11.8 Å². The molecule has 3 aromatic rings. The summed E-state index contributed by atoms with van der Waals surface area (Å²) in [5.74, 6) is 0.997. The number of anilines is 1. The molecule has 1 aliphatic heterocycles. The Bertz CT molecular complexity index is 1130. The van der Waals surface area contributed by atoms with Crippen LogP contribution in [0.5, 0.6) is 0 Å². The molecule has 1 saturated heterocycles. The molecule has 0 spiro atoms. The van der Waals surface area contributed by atoms with Gasteiger partial charge in [0.15, 0.2) is 5.82 Å². The molecular formula is C21H18N6O3. The third-order valence-corrected chi connectivity index (χ3v) is 4.71. The molecule has 9 nitrogen and oxygen atoms in total. The van der Waals surface area contributed by atoms with E-state index < -0.39 is 4.92 Å². The van der Waals surface area contributed by atoms with Crippen LogP contribution in [0, 0.1) is 21.4 Å². The Kier molecular flexibility index (Phi) is 5.50. The van der Waals surface area contributed by atoms with E-state index in [9.17, 15) is 15.4 Å². The van der Waals surface area contributed by atoms with Gasteiger partial charge in [-0.15, -0.1) is 10.2 Å². The van der Waals surface area contributed by atoms with Crippen LogP contribution in [-0.4, -0.2) is 46.0 Å². The Morgan fingerprint density at radius 3 is 2.60 bits per heavy atom. The molecule has 0 unspecified atom stereocenters. The van der Waals surface area contributed by atoms with E-state index in [0.717, 1.165) is 5.69 Å². The molecule has 0 amide bonds. The van der Waals surface area contributed by atoms with E-state index in [0.29, 0.717) is 43.6 Å². The van der Waals surface area contributed by atoms with Crippen molar-refractivity contribution < 1.29 is 9.66 Å². The summed E-state index contributed by atoms with van der Waals surface area (Å²) in [4.78, 5) is 12.7. The summed E-state index contributed by atoms with van der Waals surface area (Å²) < 4.78 is 7.26. The first-order chi connectivity index (χ1) is 14.7. The number of aromatic nitrogens is 3. The van der Waals surface area contributed by atoms with Crippen LogP contribution < -0.4 is 4.90 Å². The fourth-order valence-corrected chi connectivity index (χ4v) is 3.28. The summed E-state index contributed by atoms with van der Waals surface area (Å²) in [6.07, 6.45) is 1.58. The summed E-state index contributed by atoms with van der Waals surface area (Å²) in [5.41, 5.74) is 1.57. The van der Waals surface area contributed by atoms with Gasteiger partial charge in [-0.2, -0.15) is 5.26 Å². The highest BCUT2D eigenvalue weighted by molar-refractivity contribution is 5.88. The van der Waals surface area contributed by atoms with Crippen LogP contribution in [0.3, 0.4) is 0 Å². The van der Waals surface area contributed by atoms with Gasteiger partial charge < -0.3 is 9.64 Å². The largest absolute Gasteiger partial charge is 0.378 e. The molecule has 30 heavy (non-hydrogen) atoms. The lowest BCUT2D eigenvalue weighted by Gasteiger charge is -2.28. The molecule has 150 valence electrons. The minimum atomic E-state index is -0.466. The number of rotatable bonds is 5. The lowest BCUT2D eigenvalue weighted by molar-refractivity contribution is -0.384. The standard InChI is InChI=1S/C21H18N6O3/c22-15-17(13-16-5-4-8-19(14-16)27(28)29)20-23-24-21(25-9-11-30-12-10-25)26(20)18-6-2-1-3-7-18/h1-8,13-14H,9-12H2. The molecule has 0 aliphatic carbocycles. The smallest absolute Gasteiger partial charge is 0.270 e. The maximum atomic E-state index is 11.1. The first-order valence-electron chi connectivity index (χ1n) is 9.37. The fourth-order valence-electron chi connectivity index (χ4n) is 3.28. The van der Waals surface area contributed by atoms with Gasteiger partial charge in [0.2, 0.25) is 5.95 Å². The number of nitriles is 1. The summed E-state index contributed by atoms with van der Waals surface area (Å²) in [7, 11) is 0. The van der Waals surface area contributed by atoms with Crippen LogP contribution in [0.1, 0.15) is 11.4 Å². The van der Waals surface area contributed by atoms with Crippen LogP contribution in [0.25, 0.3) is 17.3 Å². The minimum absolute atomic E-state index is 0.0421. The highest BCUT2D eigenvalue weighted by Gasteiger charge is 2.23. The average molecular weight is 402 g/mol. The number of benzene rings is 2. The predicted octanol–water partition coefficient (Wildman–Crippen LogP) is 3.08. The molecule has 1 fully saturated rings. The molecule has 2 heterocycles. The van der Waals surface area contributed by atoms with E-state index in [2.05, 4.69) is 21.2 Å². The van der Waals surface area contributed by atoms with Crippen molar-refractivity contribution in [2.75, 3.05) is 31.2 Å². The zero-order chi connectivity index (χ0) is 20.9. The molecule has 0 atom stereocenters. The van der Waals surface area contributed by atoms with Crippen molar-refractivity contribution >= 4 is 23.3 Å². The third kappa shape index (κ3) is 3.90. The second-order valence-corrected chi connectivity index (χ2v) is 6.62. The molecule has 0 bridgehead atoms. The van der Waals surface area contributed by atoms with Gasteiger partial charge in [0, 0.05) is 25.2 Å². The normalized spacial score (nSPS) is 14.4. The van der Waals surface area contributed by atoms with Crippen molar-refractivity contribution in [3.05, 3.63) is 76.1 Å². The number of morpholine rings is 1. The molecule has 0 saturated carbocycles. The zero-order valence-corrected chi connectivity index (χ0v) is 16.0. The Morgan fingerprint density at radius 1 is 1.13 bits per heavy atom. The van der Waals surface area contributed by atoms with Crippen molar-refractivity contribution in [3.63, 3.8) is 0 Å². The lowest BCUT2D eigenvalue weighted by Crippen LogP contribution is -2.38. The molecule has 1 aromatic heterocycles. The van der Waals surface area contributed by atoms with Crippen LogP contribution in [0.15, 0.2) is 54.6 Å². The van der Waals surface area contributed by atoms with Gasteiger partial charge in [0.25, 0.3) is 5.69 Å². The summed E-state index contributed by atoms with van der Waals surface area (Å²) >= 11 is 0. The summed E-state index contributed by atoms with van der Waals surface area (Å²) in [6.45, 7) is 2.51. The van der Waals surface area contributed by atoms with Crippen molar-refractivity contribution in [2.24, 2.45) is 0 Å². The third-order valence-electron chi connectivity index (χ3n) is 4.71. The van der Waals surface area contributed by atoms with Gasteiger partial charge >= 0.3 is 0 Å². The van der Waals surface area contributed by atoms with Gasteiger partial charge in [0.1, 0.15) is 6.07 Å². The highest BCUT2D eigenvalue weighted by atomic mass is 16.6. The second-order valence-electron chi connectivity index (χ2n) is 6.62. The predicted molar refractivity (Wildman–Crippen MR) is 111 cm³/mol. The number of nitro benzene ring substituents is 1. The number of ether oxygens (including phenoxy) is 1. The Hall–Kier alpha value is -4.03. The molecule has 0 N–H and O–H groups in total. The fraction of sp³-hybridized carbons (Fsp3) is 0.190. The number of nitro groups is 1. The van der Waals surface area contributed by atoms with Gasteiger partial charge in [0.05, 0.1) is 29.4 Å². The monoisotopic (exact) mass is 402 g/mol. The molecule has 4 rings (SSSR count). The number of non-ortho nitro benzene ring substituents is 1. The topological polar surface area (TPSA) is 110 Å². The van der Waals surface area contributed by atoms with Crippen LogP contribution in [-0.2, 0) is 4.74 Å². The molecule has 9 heteroatoms. The minimum Gasteiger partial charge on any atom is -0.378 e. The van der Waals surface area contributed by atoms with Crippen LogP contribution in [0.2, 0.25) is 0 Å². The lowest BCUT2D eigenvalue weighted by atomic mass is 10.1. The average Bonchev–Trinajstić information content (AvgIpc) is 3.24. The van der Waals surface area contributed by atoms with E-state index >= 15 is 0 Å². The van der Waals surface area contributed by atoms with E-state index in [-0.39, 0.29) is 11.3 Å². The highest BCUT2D eigenvalue weighted by Crippen LogP contribution is 2.27. The maximum Gasteiger partial charge on any atom is 0.270 e. The number of allylic oxidation sites excluding steroid dienone is 1. The number of hydrogen-bond acceptors (Lipinski definition) is 7. The van der Waals surface area contributed by atoms with Gasteiger partial charge in [-0.1, -0.05) is 30.3 Å². The molecule has 2 aromatic carbocycles. The number of hydrogen-bond donors (Lipinski definition) is 0. The van der Waals surface area contributed by atoms with Crippen LogP contribution in [0.4, 0.5) is 11.6 Å². The Labute approximate surface area is 172 Å². The van der Waals surface area contributed by atoms with E-state index in [1.165, 1.54) is 12.1 Å². The molecular weight excluding hydrogens is 384 g/mol. The SMILES string of the molecule is N#CC(=Cc1cccc([N+](=O)[O-])c1)c1nnc(N2CCOCC2)n1-c1ccccc1. The van der Waals surface area contributed by atoms with Crippen molar-refractivity contribution in [2.45, 2.75) is 0 Å². The zero-order valence-electron chi connectivity index (χ0n) is 16.0. The van der Waals surface area contributed by atoms with Gasteiger partial charge in [-0.05, 0) is 23.8 Å². The molecule has 1 aliphatic rings. The summed E-state index contributed by atoms with van der Waals surface area (Å²) in [6, 6.07) is 17.8. The quantitative estimate of drug-likeness (QED) is 0.366. The van der Waals surface area contributed by atoms with Gasteiger partial charge in [-0.25, -0.2) is 0 Å². The van der Waals surface area contributed by atoms with Crippen molar-refractivity contribution in [1.29, 1.82) is 5.26 Å². The number of nitrogens with zero attached hydrogens (tertiary/aromatic N) is 6. The first kappa shape index (κ1) is 19.3. The van der Waals surface area contributed by atoms with Crippen molar-refractivity contribution in [1.82, 2.24) is 14.8 Å². The van der Waals surface area contributed by atoms with E-state index in [1.807, 2.05) is 34.9 Å². The maximum absolute atomic E-state index is 11.1. The van der Waals surface area contributed by atoms with Crippen LogP contribution >= 0.6 is 0 Å². The number of para-hydroxylation sites is 1. The first-order valence-corrected chi connectivity index (χ1v) is 9.37. The second kappa shape index (κ2) is 8.55. The Morgan fingerprint density at radius 2 is 1.90 bits per heavy atom. The van der Waals surface area contributed by atoms with E-state index in [1.54, 1.807) is 18.2 Å². The Balaban J connectivity index is 1.83. The van der Waals surface area contributed by atoms with Gasteiger partial charge in [-0.3, -0.25) is 14.7 Å². The van der Waals surface area contributed by atoms with E-state index in [4.69, 9.17) is 4.74 Å².